The van der Waals surface area contributed by atoms with Crippen molar-refractivity contribution < 1.29 is 12.8 Å². The molecule has 0 radical (unpaired) electrons. The van der Waals surface area contributed by atoms with Crippen LogP contribution in [0.5, 0.6) is 0 Å². The third-order valence-corrected chi connectivity index (χ3v) is 7.75. The summed E-state index contributed by atoms with van der Waals surface area (Å²) in [5.41, 5.74) is 3.99. The van der Waals surface area contributed by atoms with Crippen molar-refractivity contribution >= 4 is 15.9 Å². The molecule has 0 spiro atoms. The molecule has 3 aromatic carbocycles. The molecule has 6 nitrogen and oxygen atoms in total. The molecule has 0 unspecified atom stereocenters. The van der Waals surface area contributed by atoms with Gasteiger partial charge in [-0.25, -0.2) is 18.1 Å². The van der Waals surface area contributed by atoms with Crippen LogP contribution in [0.3, 0.4) is 0 Å². The summed E-state index contributed by atoms with van der Waals surface area (Å²) in [6.07, 6.45) is 5.40. The van der Waals surface area contributed by atoms with Gasteiger partial charge in [0.1, 0.15) is 0 Å². The number of anilines is 1. The lowest BCUT2D eigenvalue weighted by molar-refractivity contribution is 0.403. The lowest BCUT2D eigenvalue weighted by Gasteiger charge is -2.18. The molecule has 0 saturated heterocycles. The molecule has 1 saturated carbocycles. The molecule has 1 aliphatic rings. The van der Waals surface area contributed by atoms with Crippen LogP contribution in [0.25, 0.3) is 22.4 Å². The molecule has 7 heteroatoms. The van der Waals surface area contributed by atoms with Gasteiger partial charge in [-0.1, -0.05) is 97.6 Å². The van der Waals surface area contributed by atoms with Gasteiger partial charge in [-0.15, -0.1) is 0 Å². The van der Waals surface area contributed by atoms with E-state index in [1.54, 1.807) is 24.3 Å². The summed E-state index contributed by atoms with van der Waals surface area (Å²) < 4.78 is 35.7. The van der Waals surface area contributed by atoms with Gasteiger partial charge in [0.15, 0.2) is 0 Å². The molecular weight excluding hydrogens is 470 g/mol. The van der Waals surface area contributed by atoms with Crippen molar-refractivity contribution in [1.29, 1.82) is 0 Å². The van der Waals surface area contributed by atoms with Crippen molar-refractivity contribution in [1.82, 2.24) is 4.98 Å². The zero-order valence-electron chi connectivity index (χ0n) is 20.2. The lowest BCUT2D eigenvalue weighted by atomic mass is 9.96. The van der Waals surface area contributed by atoms with E-state index in [0.717, 1.165) is 42.4 Å². The molecule has 4 aromatic rings. The van der Waals surface area contributed by atoms with E-state index < -0.39 is 10.0 Å². The highest BCUT2D eigenvalue weighted by molar-refractivity contribution is 7.92. The van der Waals surface area contributed by atoms with Gasteiger partial charge in [-0.05, 0) is 37.5 Å². The molecular formula is C29H29N3O3S. The van der Waals surface area contributed by atoms with Crippen LogP contribution in [0.15, 0.2) is 99.2 Å². The first-order chi connectivity index (χ1) is 17.5. The first-order valence-corrected chi connectivity index (χ1v) is 13.8. The molecule has 1 fully saturated rings. The van der Waals surface area contributed by atoms with Crippen molar-refractivity contribution in [3.8, 4) is 22.4 Å². The number of benzene rings is 3. The quantitative estimate of drug-likeness (QED) is 0.335. The summed E-state index contributed by atoms with van der Waals surface area (Å²) in [4.78, 5) is 9.78. The second kappa shape index (κ2) is 10.5. The van der Waals surface area contributed by atoms with Crippen LogP contribution in [0.4, 0.5) is 5.88 Å². The molecule has 1 aliphatic carbocycles. The highest BCUT2D eigenvalue weighted by Crippen LogP contribution is 2.36. The maximum atomic E-state index is 13.4. The number of rotatable bonds is 6. The number of nitrogens with zero attached hydrogens (tertiary/aromatic N) is 2. The number of nitrogens with one attached hydrogen (secondary N) is 1. The van der Waals surface area contributed by atoms with Gasteiger partial charge in [0.25, 0.3) is 10.0 Å². The predicted molar refractivity (Wildman–Crippen MR) is 142 cm³/mol. The highest BCUT2D eigenvalue weighted by atomic mass is 32.2. The monoisotopic (exact) mass is 499 g/mol. The Morgan fingerprint density at radius 1 is 0.833 bits per heavy atom. The van der Waals surface area contributed by atoms with E-state index in [1.807, 2.05) is 67.6 Å². The third kappa shape index (κ3) is 5.41. The summed E-state index contributed by atoms with van der Waals surface area (Å²) >= 11 is 0. The number of aromatic nitrogens is 1. The molecule has 36 heavy (non-hydrogen) atoms. The van der Waals surface area contributed by atoms with Crippen molar-refractivity contribution in [2.24, 2.45) is 4.99 Å². The standard InChI is InChI=1S/C29H29N3O3S/c1-21-17-19-25(20-18-21)36(33,34)32-28-26(22-11-5-2-6-12-22)27(23-13-7-3-8-14-23)31-29(35-28)30-24-15-9-4-10-16-24/h2-3,5-8,11-14,17-20,24,32H,4,9-10,15-16H2,1H3. The Morgan fingerprint density at radius 2 is 1.44 bits per heavy atom. The Balaban J connectivity index is 1.73. The van der Waals surface area contributed by atoms with E-state index in [1.165, 1.54) is 6.42 Å². The zero-order valence-corrected chi connectivity index (χ0v) is 21.0. The summed E-state index contributed by atoms with van der Waals surface area (Å²) in [6, 6.07) is 26.1. The molecule has 0 bridgehead atoms. The molecule has 1 N–H and O–H groups in total. The fourth-order valence-electron chi connectivity index (χ4n) is 4.49. The second-order valence-corrected chi connectivity index (χ2v) is 10.8. The number of hydrogen-bond acceptors (Lipinski definition) is 5. The lowest BCUT2D eigenvalue weighted by Crippen LogP contribution is -2.21. The third-order valence-electron chi connectivity index (χ3n) is 6.40. The molecule has 5 rings (SSSR count). The maximum absolute atomic E-state index is 13.4. The van der Waals surface area contributed by atoms with E-state index in [9.17, 15) is 8.42 Å². The van der Waals surface area contributed by atoms with Crippen LogP contribution in [0, 0.1) is 6.92 Å². The summed E-state index contributed by atoms with van der Waals surface area (Å²) in [5, 5.41) is 0. The van der Waals surface area contributed by atoms with Gasteiger partial charge in [-0.3, -0.25) is 0 Å². The Kier molecular flexibility index (Phi) is 7.00. The molecule has 0 amide bonds. The average Bonchev–Trinajstić information content (AvgIpc) is 2.90. The fraction of sp³-hybridized carbons (Fsp3) is 0.241. The second-order valence-electron chi connectivity index (χ2n) is 9.12. The van der Waals surface area contributed by atoms with Crippen LogP contribution >= 0.6 is 0 Å². The van der Waals surface area contributed by atoms with Crippen molar-refractivity contribution in [3.05, 3.63) is 96.2 Å². The van der Waals surface area contributed by atoms with Gasteiger partial charge >= 0.3 is 5.68 Å². The van der Waals surface area contributed by atoms with Crippen LogP contribution in [0.1, 0.15) is 37.7 Å². The predicted octanol–water partition coefficient (Wildman–Crippen LogP) is 6.35. The molecule has 1 heterocycles. The molecule has 0 atom stereocenters. The smallest absolute Gasteiger partial charge is 0.319 e. The van der Waals surface area contributed by atoms with E-state index in [-0.39, 0.29) is 22.5 Å². The molecule has 1 aromatic heterocycles. The maximum Gasteiger partial charge on any atom is 0.319 e. The Hall–Kier alpha value is -3.71. The highest BCUT2D eigenvalue weighted by Gasteiger charge is 2.23. The van der Waals surface area contributed by atoms with Gasteiger partial charge in [-0.2, -0.15) is 4.98 Å². The number of hydrogen-bond donors (Lipinski definition) is 1. The van der Waals surface area contributed by atoms with Crippen molar-refractivity contribution in [3.63, 3.8) is 0 Å². The van der Waals surface area contributed by atoms with E-state index in [0.29, 0.717) is 11.3 Å². The van der Waals surface area contributed by atoms with Crippen molar-refractivity contribution in [2.75, 3.05) is 4.72 Å². The largest absolute Gasteiger partial charge is 0.406 e. The van der Waals surface area contributed by atoms with Gasteiger partial charge in [0, 0.05) is 5.56 Å². The van der Waals surface area contributed by atoms with Crippen LogP contribution < -0.4 is 10.4 Å². The minimum Gasteiger partial charge on any atom is -0.406 e. The van der Waals surface area contributed by atoms with Crippen LogP contribution in [-0.2, 0) is 10.0 Å². The number of sulfonamides is 1. The summed E-state index contributed by atoms with van der Waals surface area (Å²) in [5.74, 6) is 0.102. The Labute approximate surface area is 211 Å². The average molecular weight is 500 g/mol. The first-order valence-electron chi connectivity index (χ1n) is 12.3. The van der Waals surface area contributed by atoms with Crippen LogP contribution in [0.2, 0.25) is 0 Å². The summed E-state index contributed by atoms with van der Waals surface area (Å²) in [7, 11) is -3.92. The minimum atomic E-state index is -3.92. The summed E-state index contributed by atoms with van der Waals surface area (Å²) in [6.45, 7) is 1.92. The minimum absolute atomic E-state index is 0.102. The molecule has 184 valence electrons. The normalized spacial score (nSPS) is 15.1. The van der Waals surface area contributed by atoms with E-state index in [2.05, 4.69) is 4.72 Å². The Bertz CT molecular complexity index is 1490. The van der Waals surface area contributed by atoms with Gasteiger partial charge < -0.3 is 4.42 Å². The first kappa shape index (κ1) is 24.0. The van der Waals surface area contributed by atoms with Gasteiger partial charge in [0.2, 0.25) is 5.88 Å². The van der Waals surface area contributed by atoms with E-state index >= 15 is 0 Å². The van der Waals surface area contributed by atoms with Gasteiger partial charge in [0.05, 0.1) is 22.2 Å². The molecule has 0 aliphatic heterocycles. The zero-order chi connectivity index (χ0) is 25.0. The SMILES string of the molecule is Cc1ccc(S(=O)(=O)Nc2oc(=NC3CCCCC3)nc(-c3ccccc3)c2-c2ccccc2)cc1. The van der Waals surface area contributed by atoms with Crippen LogP contribution in [-0.4, -0.2) is 19.4 Å². The fourth-order valence-corrected chi connectivity index (χ4v) is 5.49. The number of aryl methyl sites for hydroxylation is 1. The topological polar surface area (TPSA) is 84.6 Å². The Morgan fingerprint density at radius 3 is 2.08 bits per heavy atom. The van der Waals surface area contributed by atoms with Crippen molar-refractivity contribution in [2.45, 2.75) is 50.0 Å². The van der Waals surface area contributed by atoms with E-state index in [4.69, 9.17) is 14.4 Å².